The Labute approximate surface area is 182 Å². The first-order valence-electron chi connectivity index (χ1n) is 11.1. The standard InChI is InChI=1S/C23H31N5O3/c29-18(13-12-17-8-4-3-5-9-17)14-15-19-20(22(30)16-21(19)26-31)10-6-1-2-7-11-23-24-27-28-25-23/h1,3-6,8-9,18-21,29H,2,7,10-16H2,(H,24,25,27,28)/t18?,19-,20-,21?/m1/s1. The maximum Gasteiger partial charge on any atom is 0.174 e. The molecule has 2 aromatic rings. The summed E-state index contributed by atoms with van der Waals surface area (Å²) in [6.07, 6.45) is 9.77. The molecule has 1 aromatic heterocycles. The third-order valence-corrected chi connectivity index (χ3v) is 6.13. The number of aliphatic hydroxyl groups is 1. The number of nitrogens with zero attached hydrogens (tertiary/aromatic N) is 4. The van der Waals surface area contributed by atoms with Crippen LogP contribution in [0.25, 0.3) is 0 Å². The Hall–Kier alpha value is -2.74. The molecule has 0 radical (unpaired) electrons. The van der Waals surface area contributed by atoms with E-state index in [4.69, 9.17) is 0 Å². The van der Waals surface area contributed by atoms with E-state index >= 15 is 0 Å². The molecule has 4 atom stereocenters. The zero-order chi connectivity index (χ0) is 21.9. The number of hydrogen-bond donors (Lipinski definition) is 2. The van der Waals surface area contributed by atoms with Crippen molar-refractivity contribution in [3.8, 4) is 0 Å². The first-order valence-corrected chi connectivity index (χ1v) is 11.1. The summed E-state index contributed by atoms with van der Waals surface area (Å²) in [5, 5.41) is 27.5. The molecular weight excluding hydrogens is 394 g/mol. The zero-order valence-corrected chi connectivity index (χ0v) is 17.8. The molecule has 0 spiro atoms. The second-order valence-electron chi connectivity index (χ2n) is 8.30. The van der Waals surface area contributed by atoms with E-state index in [9.17, 15) is 14.8 Å². The number of aromatic amines is 1. The Morgan fingerprint density at radius 3 is 2.77 bits per heavy atom. The van der Waals surface area contributed by atoms with E-state index < -0.39 is 12.1 Å². The number of aryl methyl sites for hydroxylation is 2. The normalized spacial score (nSPS) is 22.2. The van der Waals surface area contributed by atoms with Gasteiger partial charge in [0.2, 0.25) is 0 Å². The molecule has 8 nitrogen and oxygen atoms in total. The lowest BCUT2D eigenvalue weighted by Gasteiger charge is -2.21. The molecule has 1 heterocycles. The molecule has 3 rings (SSSR count). The van der Waals surface area contributed by atoms with Crippen molar-refractivity contribution >= 4 is 5.78 Å². The molecule has 0 aliphatic heterocycles. The van der Waals surface area contributed by atoms with E-state index in [0.717, 1.165) is 25.7 Å². The number of benzene rings is 1. The molecule has 2 N–H and O–H groups in total. The summed E-state index contributed by atoms with van der Waals surface area (Å²) in [7, 11) is 0. The van der Waals surface area contributed by atoms with Gasteiger partial charge in [-0.3, -0.25) is 4.79 Å². The van der Waals surface area contributed by atoms with E-state index in [2.05, 4.69) is 44.0 Å². The molecule has 8 heteroatoms. The maximum absolute atomic E-state index is 12.5. The number of unbranched alkanes of at least 4 members (excludes halogenated alkanes) is 1. The third kappa shape index (κ3) is 7.17. The van der Waals surface area contributed by atoms with Crippen molar-refractivity contribution in [1.82, 2.24) is 20.6 Å². The van der Waals surface area contributed by atoms with E-state index in [0.29, 0.717) is 31.5 Å². The van der Waals surface area contributed by atoms with Gasteiger partial charge in [-0.2, -0.15) is 10.1 Å². The van der Waals surface area contributed by atoms with E-state index in [1.807, 2.05) is 24.3 Å². The summed E-state index contributed by atoms with van der Waals surface area (Å²) in [5.74, 6) is 0.549. The second kappa shape index (κ2) is 12.2. The molecule has 0 saturated heterocycles. The summed E-state index contributed by atoms with van der Waals surface area (Å²) in [4.78, 5) is 23.8. The number of aliphatic hydroxyl groups excluding tert-OH is 1. The van der Waals surface area contributed by atoms with Gasteiger partial charge in [-0.15, -0.1) is 10.2 Å². The molecule has 0 bridgehead atoms. The van der Waals surface area contributed by atoms with Crippen molar-refractivity contribution in [3.63, 3.8) is 0 Å². The average molecular weight is 426 g/mol. The number of nitrogens with one attached hydrogen (secondary N) is 1. The van der Waals surface area contributed by atoms with Gasteiger partial charge in [0.05, 0.1) is 6.10 Å². The number of tetrazole rings is 1. The van der Waals surface area contributed by atoms with Gasteiger partial charge in [0, 0.05) is 18.8 Å². The van der Waals surface area contributed by atoms with E-state index in [1.54, 1.807) is 0 Å². The number of rotatable bonds is 13. The smallest absolute Gasteiger partial charge is 0.174 e. The van der Waals surface area contributed by atoms with Gasteiger partial charge >= 0.3 is 0 Å². The van der Waals surface area contributed by atoms with Gasteiger partial charge in [0.1, 0.15) is 11.8 Å². The Kier molecular flexibility index (Phi) is 9.02. The van der Waals surface area contributed by atoms with Crippen LogP contribution in [0.4, 0.5) is 0 Å². The fourth-order valence-corrected chi connectivity index (χ4v) is 4.37. The van der Waals surface area contributed by atoms with Crippen LogP contribution in [-0.2, 0) is 17.6 Å². The van der Waals surface area contributed by atoms with Crippen LogP contribution in [-0.4, -0.2) is 43.7 Å². The second-order valence-corrected chi connectivity index (χ2v) is 8.30. The summed E-state index contributed by atoms with van der Waals surface area (Å²) < 4.78 is 0. The number of nitroso groups, excluding NO2 is 1. The molecule has 1 aliphatic rings. The van der Waals surface area contributed by atoms with Crippen molar-refractivity contribution in [2.24, 2.45) is 17.0 Å². The van der Waals surface area contributed by atoms with Crippen LogP contribution in [0.3, 0.4) is 0 Å². The minimum Gasteiger partial charge on any atom is -0.393 e. The fraction of sp³-hybridized carbons (Fsp3) is 0.565. The molecular formula is C23H31N5O3. The highest BCUT2D eigenvalue weighted by molar-refractivity contribution is 5.84. The highest BCUT2D eigenvalue weighted by atomic mass is 16.3. The van der Waals surface area contributed by atoms with Crippen LogP contribution in [0.5, 0.6) is 0 Å². The number of H-pyrrole nitrogens is 1. The van der Waals surface area contributed by atoms with Gasteiger partial charge in [-0.05, 0) is 56.4 Å². The highest BCUT2D eigenvalue weighted by Gasteiger charge is 2.42. The van der Waals surface area contributed by atoms with Gasteiger partial charge < -0.3 is 5.11 Å². The SMILES string of the molecule is O=NC1CC(=O)[C@H](CC=CCCCc2nn[nH]n2)[C@H]1CCC(O)CCc1ccccc1. The van der Waals surface area contributed by atoms with Crippen LogP contribution >= 0.6 is 0 Å². The number of ketones is 1. The number of aromatic nitrogens is 4. The number of Topliss-reactive ketones (excluding diaryl/α,β-unsaturated/α-hetero) is 1. The van der Waals surface area contributed by atoms with Crippen molar-refractivity contribution in [2.75, 3.05) is 0 Å². The number of hydrogen-bond acceptors (Lipinski definition) is 7. The molecule has 2 unspecified atom stereocenters. The lowest BCUT2D eigenvalue weighted by Crippen LogP contribution is -2.21. The Balaban J connectivity index is 1.43. The summed E-state index contributed by atoms with van der Waals surface area (Å²) >= 11 is 0. The van der Waals surface area contributed by atoms with Crippen LogP contribution in [0.2, 0.25) is 0 Å². The number of allylic oxidation sites excluding steroid dienone is 2. The van der Waals surface area contributed by atoms with Crippen molar-refractivity contribution in [1.29, 1.82) is 0 Å². The lowest BCUT2D eigenvalue weighted by atomic mass is 9.85. The monoisotopic (exact) mass is 425 g/mol. The van der Waals surface area contributed by atoms with E-state index in [1.165, 1.54) is 5.56 Å². The predicted molar refractivity (Wildman–Crippen MR) is 117 cm³/mol. The Morgan fingerprint density at radius 2 is 2.03 bits per heavy atom. The molecule has 1 aromatic carbocycles. The molecule has 31 heavy (non-hydrogen) atoms. The summed E-state index contributed by atoms with van der Waals surface area (Å²) in [6.45, 7) is 0. The molecule has 1 fully saturated rings. The van der Waals surface area contributed by atoms with Crippen LogP contribution in [0.1, 0.15) is 56.3 Å². The third-order valence-electron chi connectivity index (χ3n) is 6.13. The van der Waals surface area contributed by atoms with Crippen molar-refractivity contribution in [2.45, 2.75) is 69.9 Å². The Bertz CT molecular complexity index is 825. The van der Waals surface area contributed by atoms with Gasteiger partial charge in [0.25, 0.3) is 0 Å². The Morgan fingerprint density at radius 1 is 1.19 bits per heavy atom. The summed E-state index contributed by atoms with van der Waals surface area (Å²) in [6, 6.07) is 9.61. The maximum atomic E-state index is 12.5. The molecule has 166 valence electrons. The van der Waals surface area contributed by atoms with Gasteiger partial charge in [-0.25, -0.2) is 0 Å². The fourth-order valence-electron chi connectivity index (χ4n) is 4.37. The topological polar surface area (TPSA) is 121 Å². The molecule has 1 aliphatic carbocycles. The largest absolute Gasteiger partial charge is 0.393 e. The first kappa shape index (κ1) is 22.9. The van der Waals surface area contributed by atoms with Crippen LogP contribution in [0.15, 0.2) is 47.7 Å². The predicted octanol–water partition coefficient (Wildman–Crippen LogP) is 3.58. The molecule has 1 saturated carbocycles. The number of carbonyl (C=O) groups excluding carboxylic acids is 1. The summed E-state index contributed by atoms with van der Waals surface area (Å²) in [5.41, 5.74) is 1.20. The quantitative estimate of drug-likeness (QED) is 0.287. The van der Waals surface area contributed by atoms with Gasteiger partial charge in [0.15, 0.2) is 5.82 Å². The van der Waals surface area contributed by atoms with Crippen molar-refractivity contribution in [3.05, 3.63) is 58.8 Å². The zero-order valence-electron chi connectivity index (χ0n) is 17.8. The lowest BCUT2D eigenvalue weighted by molar-refractivity contribution is -0.121. The minimum atomic E-state index is -0.467. The van der Waals surface area contributed by atoms with Crippen LogP contribution < -0.4 is 0 Å². The first-order chi connectivity index (χ1) is 15.2. The number of carbonyl (C=O) groups is 1. The van der Waals surface area contributed by atoms with Crippen molar-refractivity contribution < 1.29 is 9.90 Å². The van der Waals surface area contributed by atoms with E-state index in [-0.39, 0.29) is 24.0 Å². The van der Waals surface area contributed by atoms with Gasteiger partial charge in [-0.1, -0.05) is 52.9 Å². The minimum absolute atomic E-state index is 0.0830. The molecule has 0 amide bonds. The average Bonchev–Trinajstić information content (AvgIpc) is 3.41. The highest BCUT2D eigenvalue weighted by Crippen LogP contribution is 2.37. The van der Waals surface area contributed by atoms with Crippen LogP contribution in [0, 0.1) is 16.7 Å².